The third-order valence-electron chi connectivity index (χ3n) is 5.10. The number of H-pyrrole nitrogens is 1. The number of hydrogen-bond acceptors (Lipinski definition) is 6. The summed E-state index contributed by atoms with van der Waals surface area (Å²) in [6.45, 7) is 3.48. The summed E-state index contributed by atoms with van der Waals surface area (Å²) in [5.41, 5.74) is 2.09. The molecule has 1 aliphatic heterocycles. The highest BCUT2D eigenvalue weighted by Gasteiger charge is 2.46. The van der Waals surface area contributed by atoms with E-state index in [1.54, 1.807) is 35.9 Å². The second kappa shape index (κ2) is 8.43. The Bertz CT molecular complexity index is 1210. The number of nitrogens with zero attached hydrogens (tertiary/aromatic N) is 3. The van der Waals surface area contributed by atoms with Crippen LogP contribution in [0.25, 0.3) is 11.3 Å². The highest BCUT2D eigenvalue weighted by molar-refractivity contribution is 7.99. The molecule has 8 nitrogen and oxygen atoms in total. The number of ether oxygens (including phenoxy) is 2. The Balaban J connectivity index is 2.07. The molecular formula is C22H23N4O4S+. The summed E-state index contributed by atoms with van der Waals surface area (Å²) in [4.78, 5) is 30.5. The largest absolute Gasteiger partial charge is 0.497 e. The van der Waals surface area contributed by atoms with Crippen molar-refractivity contribution >= 4 is 23.4 Å². The summed E-state index contributed by atoms with van der Waals surface area (Å²) in [7, 11) is 3.13. The molecule has 1 unspecified atom stereocenters. The summed E-state index contributed by atoms with van der Waals surface area (Å²) < 4.78 is 12.6. The zero-order valence-electron chi connectivity index (χ0n) is 17.7. The minimum absolute atomic E-state index is 0.180. The molecule has 0 saturated heterocycles. The van der Waals surface area contributed by atoms with Crippen LogP contribution in [0.2, 0.25) is 0 Å². The number of carbonyl (C=O) groups excluding carboxylic acids is 1. The molecular weight excluding hydrogens is 416 g/mol. The Morgan fingerprint density at radius 3 is 2.68 bits per heavy atom. The number of anilines is 1. The Labute approximate surface area is 183 Å². The molecule has 1 amide bonds. The van der Waals surface area contributed by atoms with Gasteiger partial charge < -0.3 is 9.47 Å². The number of hydrogen-bond donors (Lipinski definition) is 1. The number of amides is 1. The Morgan fingerprint density at radius 1 is 1.23 bits per heavy atom. The van der Waals surface area contributed by atoms with E-state index in [0.29, 0.717) is 39.2 Å². The first-order chi connectivity index (χ1) is 15.0. The van der Waals surface area contributed by atoms with Crippen LogP contribution < -0.4 is 24.6 Å². The maximum atomic E-state index is 13.1. The number of rotatable bonds is 5. The SMILES string of the molecule is CCSc1n[n+]2c(c(=O)[nH]1)-c1ccccc1N(C(C)=O)C2c1ccc(OC)cc1OC. The van der Waals surface area contributed by atoms with E-state index in [1.807, 2.05) is 37.3 Å². The van der Waals surface area contributed by atoms with Crippen molar-refractivity contribution in [3.8, 4) is 22.8 Å². The molecule has 0 saturated carbocycles. The number of methoxy groups -OCH3 is 2. The quantitative estimate of drug-likeness (QED) is 0.486. The van der Waals surface area contributed by atoms with Crippen molar-refractivity contribution in [3.63, 3.8) is 0 Å². The van der Waals surface area contributed by atoms with E-state index < -0.39 is 6.17 Å². The molecule has 1 N–H and O–H groups in total. The molecule has 0 fully saturated rings. The van der Waals surface area contributed by atoms with E-state index >= 15 is 0 Å². The fourth-order valence-electron chi connectivity index (χ4n) is 3.83. The standard InChI is InChI=1S/C22H22N4O4S/c1-5-31-22-23-20(28)19-15-8-6-7-9-17(15)25(13(2)27)21(26(19)24-22)16-11-10-14(29-3)12-18(16)30-4/h6-12,21H,5H2,1-4H3/p+1. The Kier molecular flexibility index (Phi) is 5.69. The lowest BCUT2D eigenvalue weighted by atomic mass is 10.0. The van der Waals surface area contributed by atoms with Crippen LogP contribution in [0.1, 0.15) is 25.6 Å². The molecule has 9 heteroatoms. The van der Waals surface area contributed by atoms with Crippen molar-refractivity contribution in [2.24, 2.45) is 0 Å². The van der Waals surface area contributed by atoms with E-state index in [4.69, 9.17) is 14.6 Å². The van der Waals surface area contributed by atoms with E-state index in [0.717, 1.165) is 5.75 Å². The molecule has 2 heterocycles. The molecule has 31 heavy (non-hydrogen) atoms. The molecule has 1 atom stereocenters. The number of aromatic nitrogens is 3. The number of benzene rings is 2. The maximum absolute atomic E-state index is 13.1. The van der Waals surface area contributed by atoms with Gasteiger partial charge in [-0.15, -0.1) is 0 Å². The van der Waals surface area contributed by atoms with Crippen LogP contribution >= 0.6 is 11.8 Å². The summed E-state index contributed by atoms with van der Waals surface area (Å²) in [5.74, 6) is 1.71. The number of fused-ring (bicyclic) bond motifs is 3. The minimum atomic E-state index is -0.707. The zero-order chi connectivity index (χ0) is 22.1. The van der Waals surface area contributed by atoms with E-state index in [2.05, 4.69) is 4.98 Å². The van der Waals surface area contributed by atoms with Crippen molar-refractivity contribution in [2.45, 2.75) is 25.2 Å². The van der Waals surface area contributed by atoms with Crippen molar-refractivity contribution in [1.29, 1.82) is 0 Å². The second-order valence-electron chi connectivity index (χ2n) is 6.87. The lowest BCUT2D eigenvalue weighted by molar-refractivity contribution is -0.763. The van der Waals surface area contributed by atoms with Crippen molar-refractivity contribution in [1.82, 2.24) is 10.1 Å². The van der Waals surface area contributed by atoms with Gasteiger partial charge in [0.2, 0.25) is 11.1 Å². The first kappa shape index (κ1) is 20.9. The second-order valence-corrected chi connectivity index (χ2v) is 8.13. The van der Waals surface area contributed by atoms with Gasteiger partial charge in [-0.05, 0) is 34.7 Å². The predicted molar refractivity (Wildman–Crippen MR) is 118 cm³/mol. The number of aromatic amines is 1. The highest BCUT2D eigenvalue weighted by atomic mass is 32.2. The molecule has 0 spiro atoms. The number of para-hydroxylation sites is 1. The van der Waals surface area contributed by atoms with Crippen LogP contribution in [0.5, 0.6) is 11.5 Å². The average molecular weight is 440 g/mol. The molecule has 0 bridgehead atoms. The van der Waals surface area contributed by atoms with Gasteiger partial charge in [0, 0.05) is 18.1 Å². The predicted octanol–water partition coefficient (Wildman–Crippen LogP) is 2.77. The molecule has 1 aliphatic rings. The fourth-order valence-corrected chi connectivity index (χ4v) is 4.41. The Hall–Kier alpha value is -3.33. The first-order valence-corrected chi connectivity index (χ1v) is 10.8. The van der Waals surface area contributed by atoms with Crippen LogP contribution in [-0.2, 0) is 4.79 Å². The third-order valence-corrected chi connectivity index (χ3v) is 5.84. The van der Waals surface area contributed by atoms with Gasteiger partial charge in [-0.3, -0.25) is 14.6 Å². The summed E-state index contributed by atoms with van der Waals surface area (Å²) in [5, 5.41) is 5.20. The van der Waals surface area contributed by atoms with Gasteiger partial charge in [-0.25, -0.2) is 4.90 Å². The van der Waals surface area contributed by atoms with E-state index in [9.17, 15) is 9.59 Å². The number of nitrogens with one attached hydrogen (secondary N) is 1. The van der Waals surface area contributed by atoms with Gasteiger partial charge in [0.05, 0.1) is 31.0 Å². The first-order valence-electron chi connectivity index (χ1n) is 9.80. The normalized spacial score (nSPS) is 14.6. The lowest BCUT2D eigenvalue weighted by Crippen LogP contribution is -2.60. The van der Waals surface area contributed by atoms with Crippen LogP contribution in [0, 0.1) is 0 Å². The third kappa shape index (κ3) is 3.54. The van der Waals surface area contributed by atoms with Gasteiger partial charge >= 0.3 is 11.3 Å². The van der Waals surface area contributed by atoms with Crippen LogP contribution in [0.3, 0.4) is 0 Å². The average Bonchev–Trinajstić information content (AvgIpc) is 2.77. The zero-order valence-corrected chi connectivity index (χ0v) is 18.5. The van der Waals surface area contributed by atoms with Gasteiger partial charge in [0.15, 0.2) is 0 Å². The number of thioether (sulfide) groups is 1. The maximum Gasteiger partial charge on any atom is 0.325 e. The molecule has 0 aliphatic carbocycles. The fraction of sp³-hybridized carbons (Fsp3) is 0.273. The van der Waals surface area contributed by atoms with Crippen molar-refractivity contribution in [2.75, 3.05) is 24.9 Å². The Morgan fingerprint density at radius 2 is 2.00 bits per heavy atom. The summed E-state index contributed by atoms with van der Waals surface area (Å²) in [6, 6.07) is 12.7. The van der Waals surface area contributed by atoms with Gasteiger partial charge in [0.1, 0.15) is 11.5 Å². The molecule has 1 aromatic heterocycles. The van der Waals surface area contributed by atoms with Crippen LogP contribution in [-0.4, -0.2) is 36.0 Å². The molecule has 160 valence electrons. The molecule has 0 radical (unpaired) electrons. The molecule has 4 rings (SSSR count). The smallest absolute Gasteiger partial charge is 0.325 e. The molecule has 3 aromatic rings. The highest BCUT2D eigenvalue weighted by Crippen LogP contribution is 2.40. The monoisotopic (exact) mass is 439 g/mol. The van der Waals surface area contributed by atoms with E-state index in [-0.39, 0.29) is 11.5 Å². The lowest BCUT2D eigenvalue weighted by Gasteiger charge is -2.31. The van der Waals surface area contributed by atoms with E-state index in [1.165, 1.54) is 18.7 Å². The number of carbonyl (C=O) groups is 1. The molecule has 2 aromatic carbocycles. The topological polar surface area (TPSA) is 88.4 Å². The van der Waals surface area contributed by atoms with Crippen molar-refractivity contribution in [3.05, 3.63) is 58.4 Å². The van der Waals surface area contributed by atoms with Crippen LogP contribution in [0.4, 0.5) is 5.69 Å². The summed E-state index contributed by atoms with van der Waals surface area (Å²) >= 11 is 1.42. The van der Waals surface area contributed by atoms with Gasteiger partial charge in [-0.1, -0.05) is 30.8 Å². The van der Waals surface area contributed by atoms with Crippen LogP contribution in [0.15, 0.2) is 52.4 Å². The minimum Gasteiger partial charge on any atom is -0.497 e. The van der Waals surface area contributed by atoms with Crippen molar-refractivity contribution < 1.29 is 19.0 Å². The van der Waals surface area contributed by atoms with Gasteiger partial charge in [0.25, 0.3) is 6.17 Å². The summed E-state index contributed by atoms with van der Waals surface area (Å²) in [6.07, 6.45) is -0.707. The van der Waals surface area contributed by atoms with Gasteiger partial charge in [-0.2, -0.15) is 0 Å².